The fraction of sp³-hybridized carbons (Fsp3) is 0.0769. The zero-order chi connectivity index (χ0) is 22.5. The van der Waals surface area contributed by atoms with Gasteiger partial charge in [0.15, 0.2) is 0 Å². The van der Waals surface area contributed by atoms with Crippen LogP contribution in [0.3, 0.4) is 0 Å². The number of nitrogens with zero attached hydrogens (tertiary/aromatic N) is 2. The number of carbonyl (C=O) groups is 2. The highest BCUT2D eigenvalue weighted by atomic mass is 16.4. The first-order valence-electron chi connectivity index (χ1n) is 10.0. The molecule has 158 valence electrons. The van der Waals surface area contributed by atoms with Gasteiger partial charge in [-0.05, 0) is 71.5 Å². The maximum atomic E-state index is 11.5. The lowest BCUT2D eigenvalue weighted by Crippen LogP contribution is -2.03. The fourth-order valence-electron chi connectivity index (χ4n) is 3.65. The van der Waals surface area contributed by atoms with Crippen LogP contribution in [0, 0.1) is 0 Å². The van der Waals surface area contributed by atoms with E-state index in [4.69, 9.17) is 0 Å². The van der Waals surface area contributed by atoms with Gasteiger partial charge in [0.2, 0.25) is 0 Å². The molecule has 0 saturated heterocycles. The van der Waals surface area contributed by atoms with E-state index in [2.05, 4.69) is 9.97 Å². The molecule has 0 bridgehead atoms. The van der Waals surface area contributed by atoms with Gasteiger partial charge in [0.25, 0.3) is 0 Å². The van der Waals surface area contributed by atoms with Crippen molar-refractivity contribution in [3.05, 3.63) is 119 Å². The second-order valence-corrected chi connectivity index (χ2v) is 7.38. The maximum absolute atomic E-state index is 11.5. The molecule has 0 radical (unpaired) electrons. The number of carboxylic acids is 2. The Morgan fingerprint density at radius 1 is 0.625 bits per heavy atom. The molecule has 0 spiro atoms. The Morgan fingerprint density at radius 3 is 1.44 bits per heavy atom. The molecule has 32 heavy (non-hydrogen) atoms. The minimum atomic E-state index is -0.953. The van der Waals surface area contributed by atoms with Crippen molar-refractivity contribution in [2.45, 2.75) is 12.8 Å². The third-order valence-electron chi connectivity index (χ3n) is 5.20. The molecule has 0 saturated carbocycles. The van der Waals surface area contributed by atoms with Crippen LogP contribution in [0.15, 0.2) is 85.2 Å². The van der Waals surface area contributed by atoms with Gasteiger partial charge in [0.05, 0.1) is 22.5 Å². The molecule has 2 aromatic carbocycles. The third kappa shape index (κ3) is 4.70. The molecule has 0 fully saturated rings. The molecule has 0 aliphatic rings. The highest BCUT2D eigenvalue weighted by Gasteiger charge is 2.12. The van der Waals surface area contributed by atoms with Gasteiger partial charge in [-0.15, -0.1) is 0 Å². The Morgan fingerprint density at radius 2 is 1.03 bits per heavy atom. The number of hydrogen-bond donors (Lipinski definition) is 2. The summed E-state index contributed by atoms with van der Waals surface area (Å²) < 4.78 is 0. The quantitative estimate of drug-likeness (QED) is 0.445. The van der Waals surface area contributed by atoms with Crippen LogP contribution in [0.2, 0.25) is 0 Å². The van der Waals surface area contributed by atoms with Crippen LogP contribution in [0.4, 0.5) is 0 Å². The molecule has 2 aromatic heterocycles. The smallest absolute Gasteiger partial charge is 0.335 e. The molecule has 4 rings (SSSR count). The number of aromatic nitrogens is 2. The predicted octanol–water partition coefficient (Wildman–Crippen LogP) is 4.72. The van der Waals surface area contributed by atoms with E-state index in [1.54, 1.807) is 36.7 Å². The van der Waals surface area contributed by atoms with Gasteiger partial charge >= 0.3 is 11.9 Å². The number of benzene rings is 2. The Hall–Kier alpha value is -4.32. The summed E-state index contributed by atoms with van der Waals surface area (Å²) in [6.45, 7) is 0. The third-order valence-corrected chi connectivity index (χ3v) is 5.20. The molecule has 4 aromatic rings. The van der Waals surface area contributed by atoms with Crippen LogP contribution in [0.5, 0.6) is 0 Å². The predicted molar refractivity (Wildman–Crippen MR) is 120 cm³/mol. The topological polar surface area (TPSA) is 100 Å². The zero-order valence-electron chi connectivity index (χ0n) is 17.1. The van der Waals surface area contributed by atoms with Crippen molar-refractivity contribution in [1.82, 2.24) is 9.97 Å². The first kappa shape index (κ1) is 20.9. The summed E-state index contributed by atoms with van der Waals surface area (Å²) in [4.78, 5) is 31.8. The van der Waals surface area contributed by atoms with Crippen molar-refractivity contribution >= 4 is 11.9 Å². The van der Waals surface area contributed by atoms with Crippen molar-refractivity contribution in [1.29, 1.82) is 0 Å². The van der Waals surface area contributed by atoms with E-state index in [1.807, 2.05) is 48.5 Å². The van der Waals surface area contributed by atoms with Crippen molar-refractivity contribution in [3.8, 4) is 11.4 Å². The number of carboxylic acid groups (broad SMARTS) is 2. The second kappa shape index (κ2) is 9.22. The van der Waals surface area contributed by atoms with Crippen LogP contribution >= 0.6 is 0 Å². The van der Waals surface area contributed by atoms with E-state index in [0.29, 0.717) is 24.2 Å². The lowest BCUT2D eigenvalue weighted by molar-refractivity contribution is 0.0685. The lowest BCUT2D eigenvalue weighted by atomic mass is 9.98. The van der Waals surface area contributed by atoms with Crippen molar-refractivity contribution in [2.24, 2.45) is 0 Å². The Bertz CT molecular complexity index is 1200. The van der Waals surface area contributed by atoms with Gasteiger partial charge in [0, 0.05) is 12.4 Å². The molecule has 0 aliphatic heterocycles. The molecule has 6 nitrogen and oxygen atoms in total. The van der Waals surface area contributed by atoms with E-state index < -0.39 is 11.9 Å². The fourth-order valence-corrected chi connectivity index (χ4v) is 3.65. The summed E-state index contributed by atoms with van der Waals surface area (Å²) in [5.74, 6) is -1.91. The first-order chi connectivity index (χ1) is 15.5. The average Bonchev–Trinajstić information content (AvgIpc) is 2.80. The first-order valence-corrected chi connectivity index (χ1v) is 10.0. The number of rotatable bonds is 7. The average molecular weight is 424 g/mol. The molecular weight excluding hydrogens is 404 g/mol. The lowest BCUT2D eigenvalue weighted by Gasteiger charge is -2.09. The van der Waals surface area contributed by atoms with Crippen LogP contribution in [0.1, 0.15) is 43.0 Å². The van der Waals surface area contributed by atoms with Gasteiger partial charge in [-0.1, -0.05) is 36.4 Å². The van der Waals surface area contributed by atoms with Crippen LogP contribution in [0.25, 0.3) is 11.4 Å². The molecule has 2 heterocycles. The van der Waals surface area contributed by atoms with Crippen LogP contribution < -0.4 is 0 Å². The highest BCUT2D eigenvalue weighted by Crippen LogP contribution is 2.22. The van der Waals surface area contributed by atoms with Gasteiger partial charge < -0.3 is 10.2 Å². The normalized spacial score (nSPS) is 10.6. The highest BCUT2D eigenvalue weighted by molar-refractivity contribution is 5.90. The SMILES string of the molecule is O=C(O)c1ccccc1Cc1ccnc(-c2cc(Cc3ccccc3C(=O)O)ccn2)c1. The number of pyridine rings is 2. The molecule has 6 heteroatoms. The molecule has 0 atom stereocenters. The summed E-state index contributed by atoms with van der Waals surface area (Å²) in [5.41, 5.74) is 5.20. The summed E-state index contributed by atoms with van der Waals surface area (Å²) in [5, 5.41) is 18.8. The monoisotopic (exact) mass is 424 g/mol. The van der Waals surface area contributed by atoms with Gasteiger partial charge in [0.1, 0.15) is 0 Å². The van der Waals surface area contributed by atoms with E-state index in [0.717, 1.165) is 22.3 Å². The maximum Gasteiger partial charge on any atom is 0.335 e. The van der Waals surface area contributed by atoms with Crippen LogP contribution in [-0.4, -0.2) is 32.1 Å². The van der Waals surface area contributed by atoms with Crippen molar-refractivity contribution in [3.63, 3.8) is 0 Å². The number of aromatic carboxylic acids is 2. The Balaban J connectivity index is 1.61. The Kier molecular flexibility index (Phi) is 6.03. The van der Waals surface area contributed by atoms with E-state index in [1.165, 1.54) is 0 Å². The van der Waals surface area contributed by atoms with Gasteiger partial charge in [-0.2, -0.15) is 0 Å². The van der Waals surface area contributed by atoms with Crippen molar-refractivity contribution in [2.75, 3.05) is 0 Å². The molecule has 0 aliphatic carbocycles. The van der Waals surface area contributed by atoms with Gasteiger partial charge in [-0.25, -0.2) is 9.59 Å². The molecule has 0 unspecified atom stereocenters. The standard InChI is InChI=1S/C26H20N2O4/c29-25(30)21-7-3-1-5-19(21)13-17-9-11-27-23(15-17)24-16-18(10-12-28-24)14-20-6-2-4-8-22(20)26(31)32/h1-12,15-16H,13-14H2,(H,29,30)(H,31,32). The summed E-state index contributed by atoms with van der Waals surface area (Å²) in [7, 11) is 0. The van der Waals surface area contributed by atoms with Crippen LogP contribution in [-0.2, 0) is 12.8 Å². The molecule has 0 amide bonds. The van der Waals surface area contributed by atoms with Gasteiger partial charge in [-0.3, -0.25) is 9.97 Å². The van der Waals surface area contributed by atoms with E-state index in [9.17, 15) is 19.8 Å². The Labute approximate surface area is 184 Å². The van der Waals surface area contributed by atoms with Crippen molar-refractivity contribution < 1.29 is 19.8 Å². The summed E-state index contributed by atoms with van der Waals surface area (Å²) in [6, 6.07) is 21.4. The summed E-state index contributed by atoms with van der Waals surface area (Å²) in [6.07, 6.45) is 4.29. The number of hydrogen-bond acceptors (Lipinski definition) is 4. The minimum absolute atomic E-state index is 0.281. The summed E-state index contributed by atoms with van der Waals surface area (Å²) >= 11 is 0. The van der Waals surface area contributed by atoms with E-state index in [-0.39, 0.29) is 11.1 Å². The minimum Gasteiger partial charge on any atom is -0.478 e. The molecular formula is C26H20N2O4. The van der Waals surface area contributed by atoms with E-state index >= 15 is 0 Å². The molecule has 2 N–H and O–H groups in total. The second-order valence-electron chi connectivity index (χ2n) is 7.38. The zero-order valence-corrected chi connectivity index (χ0v) is 17.1. The largest absolute Gasteiger partial charge is 0.478 e.